The molecule has 0 aromatic heterocycles. The Kier molecular flexibility index (Phi) is 67.0. The number of rotatable bonds is 68. The zero-order valence-corrected chi connectivity index (χ0v) is 53.9. The van der Waals surface area contributed by atoms with Crippen molar-refractivity contribution in [2.75, 3.05) is 13.2 Å². The third kappa shape index (κ3) is 66.8. The van der Waals surface area contributed by atoms with Gasteiger partial charge in [-0.05, 0) is 44.9 Å². The van der Waals surface area contributed by atoms with E-state index in [1.165, 1.54) is 321 Å². The van der Waals surface area contributed by atoms with Gasteiger partial charge in [0.25, 0.3) is 0 Å². The van der Waals surface area contributed by atoms with Crippen molar-refractivity contribution in [2.24, 2.45) is 0 Å². The zero-order valence-electron chi connectivity index (χ0n) is 53.9. The molecule has 468 valence electrons. The lowest BCUT2D eigenvalue weighted by Crippen LogP contribution is -2.30. The molecule has 0 aliphatic rings. The Morgan fingerprint density at radius 3 is 0.633 bits per heavy atom. The number of unbranched alkanes of at least 4 members (excludes halogenated alkanes) is 55. The topological polar surface area (TPSA) is 78.9 Å². The van der Waals surface area contributed by atoms with E-state index in [0.717, 1.165) is 57.8 Å². The molecule has 0 fully saturated rings. The Hall–Kier alpha value is -1.85. The minimum atomic E-state index is -0.768. The van der Waals surface area contributed by atoms with E-state index in [1.807, 2.05) is 0 Å². The summed E-state index contributed by atoms with van der Waals surface area (Å²) >= 11 is 0. The molecule has 0 N–H and O–H groups in total. The number of esters is 3. The summed E-state index contributed by atoms with van der Waals surface area (Å²) in [5.41, 5.74) is 0. The molecule has 6 nitrogen and oxygen atoms in total. The Balaban J connectivity index is 4.02. The first-order valence-corrected chi connectivity index (χ1v) is 36.2. The molecule has 0 aliphatic heterocycles. The van der Waals surface area contributed by atoms with Gasteiger partial charge in [-0.15, -0.1) is 0 Å². The Morgan fingerprint density at radius 1 is 0.241 bits per heavy atom. The van der Waals surface area contributed by atoms with Gasteiger partial charge in [0.15, 0.2) is 6.10 Å². The number of allylic oxidation sites excluding steroid dienone is 2. The number of carbonyl (C=O) groups is 3. The van der Waals surface area contributed by atoms with Crippen LogP contribution in [-0.4, -0.2) is 37.2 Å². The summed E-state index contributed by atoms with van der Waals surface area (Å²) in [6.45, 7) is 6.70. The number of hydrogen-bond donors (Lipinski definition) is 0. The fraction of sp³-hybridized carbons (Fsp3) is 0.932. The van der Waals surface area contributed by atoms with Crippen molar-refractivity contribution in [1.82, 2.24) is 0 Å². The molecule has 0 rings (SSSR count). The van der Waals surface area contributed by atoms with Crippen molar-refractivity contribution in [3.05, 3.63) is 12.2 Å². The zero-order chi connectivity index (χ0) is 57.1. The molecule has 0 saturated heterocycles. The van der Waals surface area contributed by atoms with E-state index in [2.05, 4.69) is 32.9 Å². The van der Waals surface area contributed by atoms with Crippen LogP contribution in [0.25, 0.3) is 0 Å². The van der Waals surface area contributed by atoms with E-state index in [1.54, 1.807) is 0 Å². The molecule has 0 amide bonds. The molecular weight excluding hydrogens is 973 g/mol. The van der Waals surface area contributed by atoms with Gasteiger partial charge in [-0.25, -0.2) is 0 Å². The van der Waals surface area contributed by atoms with Gasteiger partial charge in [0.2, 0.25) is 0 Å². The molecule has 0 bridgehead atoms. The van der Waals surface area contributed by atoms with Gasteiger partial charge < -0.3 is 14.2 Å². The molecule has 0 saturated carbocycles. The second-order valence-electron chi connectivity index (χ2n) is 24.9. The largest absolute Gasteiger partial charge is 0.462 e. The first-order valence-electron chi connectivity index (χ1n) is 36.2. The highest BCUT2D eigenvalue weighted by Gasteiger charge is 2.19. The van der Waals surface area contributed by atoms with Crippen molar-refractivity contribution in [1.29, 1.82) is 0 Å². The third-order valence-corrected chi connectivity index (χ3v) is 16.8. The van der Waals surface area contributed by atoms with Gasteiger partial charge in [0.1, 0.15) is 13.2 Å². The van der Waals surface area contributed by atoms with Crippen LogP contribution < -0.4 is 0 Å². The molecule has 0 heterocycles. The second-order valence-corrected chi connectivity index (χ2v) is 24.9. The maximum Gasteiger partial charge on any atom is 0.306 e. The third-order valence-electron chi connectivity index (χ3n) is 16.8. The first-order chi connectivity index (χ1) is 39.0. The van der Waals surface area contributed by atoms with Crippen LogP contribution in [0.15, 0.2) is 12.2 Å². The van der Waals surface area contributed by atoms with Crippen molar-refractivity contribution in [3.63, 3.8) is 0 Å². The first kappa shape index (κ1) is 77.2. The molecule has 1 unspecified atom stereocenters. The average Bonchev–Trinajstić information content (AvgIpc) is 3.45. The molecule has 0 aliphatic carbocycles. The lowest BCUT2D eigenvalue weighted by molar-refractivity contribution is -0.167. The lowest BCUT2D eigenvalue weighted by Gasteiger charge is -2.18. The van der Waals surface area contributed by atoms with E-state index in [-0.39, 0.29) is 31.1 Å². The lowest BCUT2D eigenvalue weighted by atomic mass is 10.0. The van der Waals surface area contributed by atoms with Crippen molar-refractivity contribution in [2.45, 2.75) is 425 Å². The van der Waals surface area contributed by atoms with Gasteiger partial charge in [-0.3, -0.25) is 14.4 Å². The summed E-state index contributed by atoms with van der Waals surface area (Å²) in [5, 5.41) is 0. The smallest absolute Gasteiger partial charge is 0.306 e. The van der Waals surface area contributed by atoms with Gasteiger partial charge in [0.05, 0.1) is 0 Å². The standard InChI is InChI=1S/C73H140O6/c1-4-7-10-13-16-19-22-24-26-28-30-31-32-33-34-35-36-37-38-39-40-41-42-43-44-46-47-49-51-54-57-60-63-66-72(75)78-69-70(68-77-71(74)65-62-59-56-53-21-18-15-12-9-6-3)79-73(76)67-64-61-58-55-52-50-48-45-29-27-25-23-20-17-14-11-8-5-2/h27,29,70H,4-26,28,30-69H2,1-3H3/b29-27-. The second kappa shape index (κ2) is 68.6. The quantitative estimate of drug-likeness (QED) is 0.0261. The fourth-order valence-electron chi connectivity index (χ4n) is 11.3. The highest BCUT2D eigenvalue weighted by molar-refractivity contribution is 5.71. The molecule has 0 radical (unpaired) electrons. The van der Waals surface area contributed by atoms with Crippen molar-refractivity contribution < 1.29 is 28.6 Å². The van der Waals surface area contributed by atoms with E-state index in [9.17, 15) is 14.4 Å². The van der Waals surface area contributed by atoms with Gasteiger partial charge in [0, 0.05) is 19.3 Å². The van der Waals surface area contributed by atoms with Crippen LogP contribution in [0.4, 0.5) is 0 Å². The molecule has 1 atom stereocenters. The van der Waals surface area contributed by atoms with Crippen molar-refractivity contribution >= 4 is 17.9 Å². The Morgan fingerprint density at radius 2 is 0.418 bits per heavy atom. The monoisotopic (exact) mass is 1110 g/mol. The molecule has 0 aromatic rings. The summed E-state index contributed by atoms with van der Waals surface area (Å²) in [6.07, 6.45) is 82.7. The van der Waals surface area contributed by atoms with E-state index < -0.39 is 6.10 Å². The van der Waals surface area contributed by atoms with Crippen LogP contribution in [0.3, 0.4) is 0 Å². The van der Waals surface area contributed by atoms with Crippen LogP contribution in [0.5, 0.6) is 0 Å². The van der Waals surface area contributed by atoms with Crippen LogP contribution in [0.2, 0.25) is 0 Å². The molecule has 0 aromatic carbocycles. The Bertz CT molecular complexity index is 1230. The summed E-state index contributed by atoms with van der Waals surface area (Å²) < 4.78 is 16.9. The predicted molar refractivity (Wildman–Crippen MR) is 344 cm³/mol. The minimum Gasteiger partial charge on any atom is -0.462 e. The fourth-order valence-corrected chi connectivity index (χ4v) is 11.3. The molecule has 0 spiro atoms. The predicted octanol–water partition coefficient (Wildman–Crippen LogP) is 24.8. The summed E-state index contributed by atoms with van der Waals surface area (Å²) in [7, 11) is 0. The van der Waals surface area contributed by atoms with Crippen molar-refractivity contribution in [3.8, 4) is 0 Å². The Labute approximate surface area is 494 Å². The maximum absolute atomic E-state index is 12.9. The molecule has 6 heteroatoms. The average molecular weight is 1110 g/mol. The van der Waals surface area contributed by atoms with Crippen LogP contribution >= 0.6 is 0 Å². The van der Waals surface area contributed by atoms with Crippen LogP contribution in [0.1, 0.15) is 419 Å². The van der Waals surface area contributed by atoms with E-state index in [4.69, 9.17) is 14.2 Å². The normalized spacial score (nSPS) is 12.0. The van der Waals surface area contributed by atoms with Crippen LogP contribution in [-0.2, 0) is 28.6 Å². The summed E-state index contributed by atoms with van der Waals surface area (Å²) in [6, 6.07) is 0. The number of ether oxygens (including phenoxy) is 3. The molecular formula is C73H140O6. The van der Waals surface area contributed by atoms with Gasteiger partial charge in [-0.1, -0.05) is 367 Å². The molecule has 79 heavy (non-hydrogen) atoms. The highest BCUT2D eigenvalue weighted by atomic mass is 16.6. The number of carbonyl (C=O) groups excluding carboxylic acids is 3. The summed E-state index contributed by atoms with van der Waals surface area (Å²) in [5.74, 6) is -0.840. The maximum atomic E-state index is 12.9. The van der Waals surface area contributed by atoms with E-state index in [0.29, 0.717) is 19.3 Å². The minimum absolute atomic E-state index is 0.0654. The van der Waals surface area contributed by atoms with E-state index >= 15 is 0 Å². The van der Waals surface area contributed by atoms with Gasteiger partial charge >= 0.3 is 17.9 Å². The van der Waals surface area contributed by atoms with Crippen LogP contribution in [0, 0.1) is 0 Å². The number of hydrogen-bond acceptors (Lipinski definition) is 6. The summed E-state index contributed by atoms with van der Waals surface area (Å²) in [4.78, 5) is 38.3. The SMILES string of the molecule is CCCCCCCCC/C=C\CCCCCCCCCC(=O)OC(COC(=O)CCCCCCCCCCCC)COC(=O)CCCCCCCCCCCCCCCCCCCCCCCCCCCCCCCCCCC. The highest BCUT2D eigenvalue weighted by Crippen LogP contribution is 2.19. The van der Waals surface area contributed by atoms with Gasteiger partial charge in [-0.2, -0.15) is 0 Å².